The molecule has 6 unspecified atom stereocenters. The van der Waals surface area contributed by atoms with Crippen molar-refractivity contribution in [2.45, 2.75) is 216 Å². The van der Waals surface area contributed by atoms with Crippen molar-refractivity contribution < 1.29 is 29.6 Å². The van der Waals surface area contributed by atoms with E-state index in [0.29, 0.717) is 93.3 Å². The number of hydrogen-bond acceptors (Lipinski definition) is 9. The molecule has 7 N–H and O–H groups in total. The van der Waals surface area contributed by atoms with Crippen molar-refractivity contribution in [1.82, 2.24) is 10.6 Å². The molecule has 9 heteroatoms. The number of piperidine rings is 2. The number of rotatable bonds is 15. The summed E-state index contributed by atoms with van der Waals surface area (Å²) in [6.45, 7) is 0.913. The average molecular weight is 834 g/mol. The van der Waals surface area contributed by atoms with Gasteiger partial charge in [-0.25, -0.2) is 0 Å². The van der Waals surface area contributed by atoms with Gasteiger partial charge in [-0.05, 0) is 151 Å². The normalized spacial score (nSPS) is 38.1. The van der Waals surface area contributed by atoms with Gasteiger partial charge in [-0.2, -0.15) is 0 Å². The monoisotopic (exact) mass is 834 g/mol. The van der Waals surface area contributed by atoms with E-state index in [4.69, 9.17) is 10.5 Å². The summed E-state index contributed by atoms with van der Waals surface area (Å²) < 4.78 is 5.73. The zero-order valence-corrected chi connectivity index (χ0v) is 37.3. The molecular formula is C51H83N3O6. The molecule has 2 aliphatic heterocycles. The first-order valence-electron chi connectivity index (χ1n) is 25.2. The van der Waals surface area contributed by atoms with Crippen LogP contribution in [0.2, 0.25) is 0 Å². The lowest BCUT2D eigenvalue weighted by Gasteiger charge is -2.54. The molecule has 1 spiro atoms. The van der Waals surface area contributed by atoms with Crippen LogP contribution in [0.25, 0.3) is 0 Å². The number of ketones is 2. The van der Waals surface area contributed by atoms with Crippen LogP contribution >= 0.6 is 0 Å². The molecule has 0 aromatic carbocycles. The number of fused-ring (bicyclic) bond motifs is 2. The Kier molecular flexibility index (Phi) is 17.2. The molecule has 6 fully saturated rings. The van der Waals surface area contributed by atoms with Gasteiger partial charge < -0.3 is 36.4 Å². The number of hydrogen-bond donors (Lipinski definition) is 6. The van der Waals surface area contributed by atoms with Crippen molar-refractivity contribution in [3.05, 3.63) is 12.2 Å². The van der Waals surface area contributed by atoms with Gasteiger partial charge in [0.1, 0.15) is 17.5 Å². The second-order valence-corrected chi connectivity index (χ2v) is 21.2. The molecule has 0 bridgehead atoms. The van der Waals surface area contributed by atoms with E-state index < -0.39 is 24.2 Å². The number of nitrogens with two attached hydrogens (primary N) is 1. The number of nitrogens with one attached hydrogen (secondary N) is 2. The number of aliphatic hydroxyl groups excluding tert-OH is 3. The Morgan fingerprint density at radius 3 is 2.45 bits per heavy atom. The number of carbonyl (C=O) groups excluding carboxylic acids is 2. The van der Waals surface area contributed by atoms with Crippen LogP contribution in [-0.4, -0.2) is 82.7 Å². The zero-order chi connectivity index (χ0) is 42.1. The molecule has 2 heterocycles. The van der Waals surface area contributed by atoms with E-state index in [1.54, 1.807) is 7.11 Å². The first kappa shape index (κ1) is 46.4. The van der Waals surface area contributed by atoms with Gasteiger partial charge in [-0.15, -0.1) is 0 Å². The van der Waals surface area contributed by atoms with Crippen molar-refractivity contribution in [1.29, 1.82) is 0 Å². The predicted molar refractivity (Wildman–Crippen MR) is 237 cm³/mol. The van der Waals surface area contributed by atoms with Crippen LogP contribution in [0.3, 0.4) is 0 Å². The van der Waals surface area contributed by atoms with E-state index in [9.17, 15) is 24.9 Å². The molecule has 9 nitrogen and oxygen atoms in total. The molecule has 14 atom stereocenters. The fourth-order valence-electron chi connectivity index (χ4n) is 13.7. The van der Waals surface area contributed by atoms with E-state index in [1.165, 1.54) is 70.6 Å². The average Bonchev–Trinajstić information content (AvgIpc) is 3.31. The molecule has 0 amide bonds. The summed E-state index contributed by atoms with van der Waals surface area (Å²) in [5.74, 6) is 9.47. The largest absolute Gasteiger partial charge is 0.393 e. The zero-order valence-electron chi connectivity index (χ0n) is 37.3. The minimum atomic E-state index is -0.802. The number of methoxy groups -OCH3 is 1. The molecule has 5 aliphatic carbocycles. The van der Waals surface area contributed by atoms with Crippen molar-refractivity contribution >= 4 is 11.6 Å². The maximum Gasteiger partial charge on any atom is 0.150 e. The van der Waals surface area contributed by atoms with E-state index in [0.717, 1.165) is 51.5 Å². The van der Waals surface area contributed by atoms with Crippen LogP contribution in [-0.2, 0) is 14.3 Å². The highest BCUT2D eigenvalue weighted by molar-refractivity contribution is 5.84. The van der Waals surface area contributed by atoms with Gasteiger partial charge in [-0.1, -0.05) is 75.4 Å². The Balaban J connectivity index is 0.992. The fraction of sp³-hybridized carbons (Fsp3) is 0.882. The third kappa shape index (κ3) is 12.1. The van der Waals surface area contributed by atoms with Gasteiger partial charge in [0.15, 0.2) is 0 Å². The second-order valence-electron chi connectivity index (χ2n) is 21.2. The maximum absolute atomic E-state index is 13.9. The first-order chi connectivity index (χ1) is 29.1. The summed E-state index contributed by atoms with van der Waals surface area (Å²) in [5, 5.41) is 42.1. The highest BCUT2D eigenvalue weighted by Gasteiger charge is 2.48. The van der Waals surface area contributed by atoms with E-state index in [1.807, 2.05) is 0 Å². The number of Topliss-reactive ketones (excluding diaryl/α,β-unsaturated/α-hetero) is 2. The van der Waals surface area contributed by atoms with Crippen molar-refractivity contribution in [2.75, 3.05) is 13.7 Å². The topological polar surface area (TPSA) is 154 Å². The van der Waals surface area contributed by atoms with Crippen LogP contribution in [0.15, 0.2) is 12.2 Å². The summed E-state index contributed by atoms with van der Waals surface area (Å²) in [5.41, 5.74) is 6.53. The Morgan fingerprint density at radius 1 is 0.883 bits per heavy atom. The quantitative estimate of drug-likeness (QED) is 0.0559. The number of carbonyl (C=O) groups is 2. The minimum Gasteiger partial charge on any atom is -0.393 e. The van der Waals surface area contributed by atoms with Crippen molar-refractivity contribution in [3.8, 4) is 11.8 Å². The molecule has 2 saturated heterocycles. The number of unbranched alkanes of at least 4 members (excludes halogenated alkanes) is 1. The highest BCUT2D eigenvalue weighted by Crippen LogP contribution is 2.47. The van der Waals surface area contributed by atoms with Crippen LogP contribution < -0.4 is 16.4 Å². The molecule has 4 saturated carbocycles. The lowest BCUT2D eigenvalue weighted by molar-refractivity contribution is -0.125. The molecule has 338 valence electrons. The van der Waals surface area contributed by atoms with Crippen LogP contribution in [0.5, 0.6) is 0 Å². The second kappa shape index (κ2) is 22.3. The van der Waals surface area contributed by atoms with E-state index in [-0.39, 0.29) is 47.3 Å². The Bertz CT molecular complexity index is 1460. The first-order valence-corrected chi connectivity index (χ1v) is 25.2. The third-order valence-corrected chi connectivity index (χ3v) is 17.2. The SMILES string of the molecule is COC1CC2CCC(=O)[C@@H]([C@H](O)CCCC[C@H]3C[C@H]4CCC(=O)C[C@H]4NC34CCCCC4)C#C[C@@H](CC[C@H](O)C[C@H](C=CC3CCCCC3)C3CCNC(N)C3)C2CC1O. The van der Waals surface area contributed by atoms with Gasteiger partial charge in [0, 0.05) is 43.9 Å². The Hall–Kier alpha value is -1.64. The molecule has 0 aromatic heterocycles. The molecular weight excluding hydrogens is 751 g/mol. The van der Waals surface area contributed by atoms with Crippen LogP contribution in [0.4, 0.5) is 0 Å². The number of aliphatic hydroxyl groups is 3. The van der Waals surface area contributed by atoms with E-state index >= 15 is 0 Å². The smallest absolute Gasteiger partial charge is 0.150 e. The summed E-state index contributed by atoms with van der Waals surface area (Å²) in [4.78, 5) is 26.3. The van der Waals surface area contributed by atoms with Gasteiger partial charge in [0.2, 0.25) is 0 Å². The predicted octanol–water partition coefficient (Wildman–Crippen LogP) is 7.53. The molecule has 0 radical (unpaired) electrons. The van der Waals surface area contributed by atoms with Gasteiger partial charge in [0.25, 0.3) is 0 Å². The maximum atomic E-state index is 13.9. The molecule has 60 heavy (non-hydrogen) atoms. The van der Waals surface area contributed by atoms with Crippen molar-refractivity contribution in [2.24, 2.45) is 59.0 Å². The Morgan fingerprint density at radius 2 is 1.67 bits per heavy atom. The molecule has 7 aliphatic rings. The fourth-order valence-corrected chi connectivity index (χ4v) is 13.7. The van der Waals surface area contributed by atoms with E-state index in [2.05, 4.69) is 34.6 Å². The Labute approximate surface area is 363 Å². The summed E-state index contributed by atoms with van der Waals surface area (Å²) in [7, 11) is 1.66. The standard InChI is InChI=1S/C51H83N3O6/c1-60-49-30-38-19-23-47(58)43(46(57)13-7-6-12-40-28-39-17-21-42(56)32-45(39)54-51(40)25-8-3-9-26-51)22-18-35(44(38)33-48(49)59)16-20-41(55)29-36(37-24-27-53-50(52)31-37)15-14-34-10-4-2-5-11-34/h14-15,34-41,43-46,48-50,53-55,57,59H,2-13,16-17,19-21,23-33,52H2,1H3/t35-,36+,37?,38?,39-,40+,41+,43-,44?,45-,46-,48?,49?,50?/m1/s1. The van der Waals surface area contributed by atoms with Gasteiger partial charge in [-0.3, -0.25) is 9.59 Å². The number of allylic oxidation sites excluding steroid dienone is 2. The lowest BCUT2D eigenvalue weighted by atomic mass is 9.62. The third-order valence-electron chi connectivity index (χ3n) is 17.2. The summed E-state index contributed by atoms with van der Waals surface area (Å²) >= 11 is 0. The highest BCUT2D eigenvalue weighted by atomic mass is 16.5. The van der Waals surface area contributed by atoms with Crippen LogP contribution in [0.1, 0.15) is 173 Å². The van der Waals surface area contributed by atoms with Crippen LogP contribution in [0, 0.1) is 65.1 Å². The van der Waals surface area contributed by atoms with Gasteiger partial charge in [0.05, 0.1) is 30.6 Å². The summed E-state index contributed by atoms with van der Waals surface area (Å²) in [6, 6.07) is 0.346. The number of ether oxygens (including phenoxy) is 1. The minimum absolute atomic E-state index is 0.00143. The van der Waals surface area contributed by atoms with Crippen molar-refractivity contribution in [3.63, 3.8) is 0 Å². The molecule has 0 aromatic rings. The lowest BCUT2D eigenvalue weighted by Crippen LogP contribution is -2.63. The molecule has 7 rings (SSSR count). The van der Waals surface area contributed by atoms with Gasteiger partial charge >= 0.3 is 0 Å². The summed E-state index contributed by atoms with van der Waals surface area (Å²) in [6.07, 6.45) is 29.1.